The van der Waals surface area contributed by atoms with Gasteiger partial charge in [-0.2, -0.15) is 0 Å². The van der Waals surface area contributed by atoms with Crippen LogP contribution in [0.25, 0.3) is 122 Å². The predicted molar refractivity (Wildman–Crippen MR) is 403 cm³/mol. The highest BCUT2D eigenvalue weighted by Crippen LogP contribution is 2.70. The van der Waals surface area contributed by atoms with Crippen molar-refractivity contribution in [2.24, 2.45) is 0 Å². The molecule has 3 heteroatoms. The van der Waals surface area contributed by atoms with Gasteiger partial charge in [-0.1, -0.05) is 233 Å². The smallest absolute Gasteiger partial charge is 0.143 e. The van der Waals surface area contributed by atoms with Gasteiger partial charge in [0.2, 0.25) is 0 Å². The number of hydrogen-bond donors (Lipinski definition) is 0. The summed E-state index contributed by atoms with van der Waals surface area (Å²) in [6.07, 6.45) is 0. The maximum Gasteiger partial charge on any atom is 0.143 e. The molecule has 0 atom stereocenters. The Morgan fingerprint density at radius 2 is 0.704 bits per heavy atom. The van der Waals surface area contributed by atoms with Crippen LogP contribution in [0.1, 0.15) is 111 Å². The zero-order valence-electron chi connectivity index (χ0n) is 55.7. The summed E-state index contributed by atoms with van der Waals surface area (Å²) in [6.45, 7) is 16.5. The van der Waals surface area contributed by atoms with Crippen molar-refractivity contribution in [3.63, 3.8) is 0 Å². The molecule has 0 saturated carbocycles. The zero-order chi connectivity index (χ0) is 65.2. The molecule has 0 unspecified atom stereocenters. The average Bonchev–Trinajstić information content (AvgIpc) is 1.49. The Kier molecular flexibility index (Phi) is 10.3. The summed E-state index contributed by atoms with van der Waals surface area (Å²) >= 11 is 0. The van der Waals surface area contributed by atoms with Crippen molar-refractivity contribution < 1.29 is 8.83 Å². The largest absolute Gasteiger partial charge is 0.456 e. The minimum absolute atomic E-state index is 0.149. The van der Waals surface area contributed by atoms with Crippen molar-refractivity contribution in [2.75, 3.05) is 4.90 Å². The van der Waals surface area contributed by atoms with Crippen molar-refractivity contribution >= 4 is 60.9 Å². The van der Waals surface area contributed by atoms with E-state index in [0.717, 1.165) is 50.0 Å². The summed E-state index contributed by atoms with van der Waals surface area (Å²) < 4.78 is 14.0. The van der Waals surface area contributed by atoms with Crippen molar-refractivity contribution in [2.45, 2.75) is 70.1 Å². The van der Waals surface area contributed by atoms with Crippen LogP contribution in [0.3, 0.4) is 0 Å². The predicted octanol–water partition coefficient (Wildman–Crippen LogP) is 24.8. The number of aryl methyl sites for hydroxylation is 3. The van der Waals surface area contributed by atoms with Gasteiger partial charge in [-0.15, -0.1) is 0 Å². The van der Waals surface area contributed by atoms with E-state index in [1.54, 1.807) is 0 Å². The van der Waals surface area contributed by atoms with E-state index in [2.05, 4.69) is 320 Å². The van der Waals surface area contributed by atoms with Gasteiger partial charge in [-0.25, -0.2) is 0 Å². The quantitative estimate of drug-likeness (QED) is 0.176. The monoisotopic (exact) mass is 1250 g/mol. The molecule has 6 aliphatic rings. The maximum absolute atomic E-state index is 7.14. The third-order valence-electron chi connectivity index (χ3n) is 24.3. The molecule has 0 N–H and O–H groups in total. The summed E-state index contributed by atoms with van der Waals surface area (Å²) in [6, 6.07) is 102. The minimum atomic E-state index is -0.684. The number of rotatable bonds is 4. The highest BCUT2D eigenvalue weighted by atomic mass is 16.3. The van der Waals surface area contributed by atoms with E-state index in [1.807, 2.05) is 0 Å². The van der Waals surface area contributed by atoms with Gasteiger partial charge in [0.05, 0.1) is 16.5 Å². The molecule has 0 aliphatic heterocycles. The van der Waals surface area contributed by atoms with Crippen LogP contribution < -0.4 is 4.90 Å². The number of benzene rings is 14. The topological polar surface area (TPSA) is 29.5 Å². The van der Waals surface area contributed by atoms with Crippen LogP contribution in [0.5, 0.6) is 0 Å². The Labute approximate surface area is 569 Å². The normalized spacial score (nSPS) is 15.4. The van der Waals surface area contributed by atoms with Crippen molar-refractivity contribution in [1.29, 1.82) is 0 Å². The van der Waals surface area contributed by atoms with Crippen LogP contribution in [0.15, 0.2) is 276 Å². The van der Waals surface area contributed by atoms with Crippen molar-refractivity contribution in [3.8, 4) is 77.9 Å². The van der Waals surface area contributed by atoms with E-state index in [1.165, 1.54) is 172 Å². The lowest BCUT2D eigenvalue weighted by Gasteiger charge is -2.34. The van der Waals surface area contributed by atoms with Crippen LogP contribution in [0.4, 0.5) is 17.1 Å². The summed E-state index contributed by atoms with van der Waals surface area (Å²) in [5.41, 5.74) is 42.5. The van der Waals surface area contributed by atoms with Gasteiger partial charge < -0.3 is 13.7 Å². The first-order valence-electron chi connectivity index (χ1n) is 34.8. The molecular weight excluding hydrogens is 1190 g/mol. The van der Waals surface area contributed by atoms with Gasteiger partial charge in [0, 0.05) is 49.3 Å². The molecule has 22 rings (SSSR count). The van der Waals surface area contributed by atoms with E-state index < -0.39 is 16.2 Å². The molecular formula is C95H65NO2. The summed E-state index contributed by atoms with van der Waals surface area (Å²) in [4.78, 5) is 2.60. The molecule has 0 saturated heterocycles. The van der Waals surface area contributed by atoms with Gasteiger partial charge in [-0.05, 0) is 238 Å². The molecule has 6 aliphatic carbocycles. The Bertz CT molecular complexity index is 6260. The lowest BCUT2D eigenvalue weighted by molar-refractivity contribution is 0.656. The Hall–Kier alpha value is -11.5. The average molecular weight is 1250 g/mol. The molecule has 98 heavy (non-hydrogen) atoms. The summed E-state index contributed by atoms with van der Waals surface area (Å²) in [5, 5.41) is 4.64. The molecule has 2 aromatic heterocycles. The highest BCUT2D eigenvalue weighted by molar-refractivity contribution is 6.20. The second kappa shape index (κ2) is 18.5. The van der Waals surface area contributed by atoms with Gasteiger partial charge in [0.1, 0.15) is 22.3 Å². The second-order valence-corrected chi connectivity index (χ2v) is 29.8. The van der Waals surface area contributed by atoms with Gasteiger partial charge in [-0.3, -0.25) is 0 Å². The molecule has 3 nitrogen and oxygen atoms in total. The first kappa shape index (κ1) is 54.7. The molecule has 2 spiro atoms. The molecule has 16 aromatic rings. The SMILES string of the molecule is Cc1cc(C)c(N(c2ccc3c(c2)C(C)(C)c2cc(-c4ccc5c(c4)C(C)(C)c4ccccc4-5)c4oc5ccccc5c4c2-3)c2ccc3c(c2)C2(c4ccccc4-c4ccccc42)c2cc4c(cc2-3)C2(c3ccccc3-c3ccccc32)c2ccc3oc5ccccc5c3c2-4)c(C)c1. The van der Waals surface area contributed by atoms with E-state index in [-0.39, 0.29) is 5.41 Å². The van der Waals surface area contributed by atoms with E-state index in [0.29, 0.717) is 0 Å². The molecule has 0 amide bonds. The van der Waals surface area contributed by atoms with Gasteiger partial charge in [0.25, 0.3) is 0 Å². The number of furan rings is 2. The molecule has 0 fully saturated rings. The van der Waals surface area contributed by atoms with Crippen molar-refractivity contribution in [1.82, 2.24) is 0 Å². The van der Waals surface area contributed by atoms with Crippen LogP contribution in [0, 0.1) is 20.8 Å². The second-order valence-electron chi connectivity index (χ2n) is 29.8. The number of para-hydroxylation sites is 2. The molecule has 462 valence electrons. The number of hydrogen-bond acceptors (Lipinski definition) is 3. The fourth-order valence-electron chi connectivity index (χ4n) is 20.4. The molecule has 0 radical (unpaired) electrons. The zero-order valence-corrected chi connectivity index (χ0v) is 55.7. The Morgan fingerprint density at radius 3 is 1.34 bits per heavy atom. The first-order valence-corrected chi connectivity index (χ1v) is 34.8. The maximum atomic E-state index is 7.14. The van der Waals surface area contributed by atoms with Crippen LogP contribution in [-0.4, -0.2) is 0 Å². The van der Waals surface area contributed by atoms with Crippen LogP contribution in [-0.2, 0) is 21.7 Å². The lowest BCUT2D eigenvalue weighted by atomic mass is 9.68. The lowest BCUT2D eigenvalue weighted by Crippen LogP contribution is -2.27. The first-order chi connectivity index (χ1) is 47.8. The molecule has 0 bridgehead atoms. The van der Waals surface area contributed by atoms with Gasteiger partial charge >= 0.3 is 0 Å². The van der Waals surface area contributed by atoms with Crippen molar-refractivity contribution in [3.05, 3.63) is 350 Å². The van der Waals surface area contributed by atoms with E-state index in [9.17, 15) is 0 Å². The van der Waals surface area contributed by atoms with E-state index in [4.69, 9.17) is 8.83 Å². The molecule has 14 aromatic carbocycles. The fraction of sp³-hybridized carbons (Fsp3) is 0.116. The number of anilines is 3. The number of nitrogens with zero attached hydrogens (tertiary/aromatic N) is 1. The Morgan fingerprint density at radius 1 is 0.276 bits per heavy atom. The standard InChI is InChI=1S/C95H65NO2/c1-52-44-53(2)90(54(3)45-52)96(56-38-41-65-78(47-56)93(6,7)82-49-68(91-89(86(65)82)67-28-14-21-35-84(67)98-91)55-36-39-63-58-22-8-15-29-71(58)92(4,5)77(63)46-55)57-37-40-64-69-50-81-70(51-80(69)95(79(64)48-57)74-32-18-11-25-61(74)62-26-12-19-33-75(62)95)87-76(42-43-85-88(87)66-27-13-20-34-83(66)97-85)94(81)72-30-16-9-23-59(72)60-24-10-17-31-73(60)94/h8-51H,1-7H3. The summed E-state index contributed by atoms with van der Waals surface area (Å²) in [7, 11) is 0. The summed E-state index contributed by atoms with van der Waals surface area (Å²) in [5.74, 6) is 0. The third-order valence-corrected chi connectivity index (χ3v) is 24.3. The van der Waals surface area contributed by atoms with Gasteiger partial charge in [0.15, 0.2) is 0 Å². The molecule has 2 heterocycles. The third kappa shape index (κ3) is 6.48. The van der Waals surface area contributed by atoms with E-state index >= 15 is 0 Å². The fourth-order valence-corrected chi connectivity index (χ4v) is 20.4. The minimum Gasteiger partial charge on any atom is -0.456 e. The Balaban J connectivity index is 0.786. The van der Waals surface area contributed by atoms with Crippen LogP contribution in [0.2, 0.25) is 0 Å². The number of fused-ring (bicyclic) bond motifs is 34. The highest BCUT2D eigenvalue weighted by Gasteiger charge is 2.57. The van der Waals surface area contributed by atoms with Crippen LogP contribution >= 0.6 is 0 Å².